The number of hydrogen-bond donors (Lipinski definition) is 2. The van der Waals surface area contributed by atoms with Crippen LogP contribution in [0.4, 0.5) is 0 Å². The van der Waals surface area contributed by atoms with E-state index in [1.54, 1.807) is 7.11 Å². The zero-order chi connectivity index (χ0) is 18.7. The Labute approximate surface area is 155 Å². The van der Waals surface area contributed by atoms with E-state index < -0.39 is 5.60 Å². The van der Waals surface area contributed by atoms with E-state index in [9.17, 15) is 9.90 Å². The Balaban J connectivity index is 1.59. The number of methoxy groups -OCH3 is 1. The highest BCUT2D eigenvalue weighted by atomic mass is 16.5. The van der Waals surface area contributed by atoms with Crippen molar-refractivity contribution in [3.63, 3.8) is 0 Å². The van der Waals surface area contributed by atoms with Gasteiger partial charge in [0.25, 0.3) is 0 Å². The topological polar surface area (TPSA) is 81.7 Å². The van der Waals surface area contributed by atoms with Crippen LogP contribution in [0.25, 0.3) is 0 Å². The van der Waals surface area contributed by atoms with Gasteiger partial charge in [-0.2, -0.15) is 5.10 Å². The third kappa shape index (κ3) is 4.45. The summed E-state index contributed by atoms with van der Waals surface area (Å²) in [7, 11) is 1.54. The van der Waals surface area contributed by atoms with Crippen LogP contribution < -0.4 is 0 Å². The first-order chi connectivity index (χ1) is 12.4. The summed E-state index contributed by atoms with van der Waals surface area (Å²) in [6.07, 6.45) is 2.40. The van der Waals surface area contributed by atoms with Crippen LogP contribution in [0.5, 0.6) is 0 Å². The molecule has 0 spiro atoms. The first-order valence-electron chi connectivity index (χ1n) is 9.64. The SMILES string of the molecule is COCC(=O)N1CC[C@]2(O)CCN(Cc3cc(CC(C)C)n[nH]3)C[C@@H]2C1. The van der Waals surface area contributed by atoms with Crippen LogP contribution >= 0.6 is 0 Å². The number of aromatic nitrogens is 2. The minimum absolute atomic E-state index is 0.0126. The Morgan fingerprint density at radius 3 is 2.92 bits per heavy atom. The van der Waals surface area contributed by atoms with Crippen LogP contribution in [0.3, 0.4) is 0 Å². The quantitative estimate of drug-likeness (QED) is 0.788. The number of rotatable bonds is 6. The molecule has 1 aromatic rings. The van der Waals surface area contributed by atoms with Gasteiger partial charge in [0.15, 0.2) is 0 Å². The number of aromatic amines is 1. The van der Waals surface area contributed by atoms with E-state index in [0.717, 1.165) is 43.9 Å². The number of nitrogens with one attached hydrogen (secondary N) is 1. The van der Waals surface area contributed by atoms with Gasteiger partial charge in [0, 0.05) is 51.4 Å². The summed E-state index contributed by atoms with van der Waals surface area (Å²) >= 11 is 0. The zero-order valence-corrected chi connectivity index (χ0v) is 16.2. The number of nitrogens with zero attached hydrogens (tertiary/aromatic N) is 3. The summed E-state index contributed by atoms with van der Waals surface area (Å²) in [5.74, 6) is 0.691. The number of H-pyrrole nitrogens is 1. The van der Waals surface area contributed by atoms with E-state index in [0.29, 0.717) is 25.4 Å². The summed E-state index contributed by atoms with van der Waals surface area (Å²) in [6, 6.07) is 2.15. The summed E-state index contributed by atoms with van der Waals surface area (Å²) in [5.41, 5.74) is 1.59. The van der Waals surface area contributed by atoms with Gasteiger partial charge in [-0.15, -0.1) is 0 Å². The van der Waals surface area contributed by atoms with E-state index in [1.807, 2.05) is 4.90 Å². The van der Waals surface area contributed by atoms with Gasteiger partial charge in [-0.25, -0.2) is 0 Å². The maximum absolute atomic E-state index is 12.1. The molecule has 0 aliphatic carbocycles. The maximum Gasteiger partial charge on any atom is 0.248 e. The third-order valence-corrected chi connectivity index (χ3v) is 5.67. The Kier molecular flexibility index (Phi) is 5.99. The number of ether oxygens (including phenoxy) is 1. The van der Waals surface area contributed by atoms with Gasteiger partial charge in [0.1, 0.15) is 6.61 Å². The van der Waals surface area contributed by atoms with Crippen LogP contribution in [0, 0.1) is 11.8 Å². The first-order valence-corrected chi connectivity index (χ1v) is 9.64. The van der Waals surface area contributed by atoms with Crippen molar-refractivity contribution in [2.75, 3.05) is 39.9 Å². The van der Waals surface area contributed by atoms with Crippen LogP contribution in [0.2, 0.25) is 0 Å². The lowest BCUT2D eigenvalue weighted by molar-refractivity contribution is -0.150. The molecule has 2 fully saturated rings. The first kappa shape index (κ1) is 19.3. The Bertz CT molecular complexity index is 618. The highest BCUT2D eigenvalue weighted by molar-refractivity contribution is 5.77. The van der Waals surface area contributed by atoms with E-state index in [2.05, 4.69) is 35.0 Å². The lowest BCUT2D eigenvalue weighted by atomic mass is 9.75. The Morgan fingerprint density at radius 2 is 2.19 bits per heavy atom. The number of aliphatic hydroxyl groups is 1. The van der Waals surface area contributed by atoms with Crippen molar-refractivity contribution in [2.24, 2.45) is 11.8 Å². The largest absolute Gasteiger partial charge is 0.389 e. The Morgan fingerprint density at radius 1 is 1.42 bits per heavy atom. The van der Waals surface area contributed by atoms with Gasteiger partial charge in [0.2, 0.25) is 5.91 Å². The van der Waals surface area contributed by atoms with Crippen LogP contribution in [0.1, 0.15) is 38.1 Å². The molecule has 0 bridgehead atoms. The molecule has 2 saturated heterocycles. The molecule has 2 atom stereocenters. The second-order valence-electron chi connectivity index (χ2n) is 8.29. The number of piperidine rings is 2. The van der Waals surface area contributed by atoms with Gasteiger partial charge in [0.05, 0.1) is 11.3 Å². The van der Waals surface area contributed by atoms with Crippen molar-refractivity contribution in [1.82, 2.24) is 20.0 Å². The summed E-state index contributed by atoms with van der Waals surface area (Å²) in [4.78, 5) is 16.3. The lowest BCUT2D eigenvalue weighted by Gasteiger charge is -2.50. The average Bonchev–Trinajstić information content (AvgIpc) is 3.01. The fourth-order valence-electron chi connectivity index (χ4n) is 4.21. The number of amides is 1. The minimum atomic E-state index is -0.642. The molecule has 26 heavy (non-hydrogen) atoms. The van der Waals surface area contributed by atoms with Crippen molar-refractivity contribution in [3.05, 3.63) is 17.5 Å². The highest BCUT2D eigenvalue weighted by Crippen LogP contribution is 2.35. The van der Waals surface area contributed by atoms with Crippen LogP contribution in [0.15, 0.2) is 6.07 Å². The molecule has 2 aliphatic heterocycles. The van der Waals surface area contributed by atoms with E-state index in [1.165, 1.54) is 0 Å². The standard InChI is InChI=1S/C19H32N4O3/c1-14(2)8-16-9-17(21-20-16)12-22-6-4-19(25)5-7-23(11-15(19)10-22)18(24)13-26-3/h9,14-15,25H,4-8,10-13H2,1-3H3,(H,20,21)/t15-,19-/m1/s1. The fourth-order valence-corrected chi connectivity index (χ4v) is 4.21. The van der Waals surface area contributed by atoms with Gasteiger partial charge >= 0.3 is 0 Å². The normalized spacial score (nSPS) is 27.0. The maximum atomic E-state index is 12.1. The zero-order valence-electron chi connectivity index (χ0n) is 16.2. The molecule has 0 unspecified atom stereocenters. The number of fused-ring (bicyclic) bond motifs is 1. The van der Waals surface area contributed by atoms with Gasteiger partial charge < -0.3 is 14.7 Å². The molecule has 2 aliphatic rings. The molecular formula is C19H32N4O3. The van der Waals surface area contributed by atoms with Crippen molar-refractivity contribution in [1.29, 1.82) is 0 Å². The van der Waals surface area contributed by atoms with E-state index >= 15 is 0 Å². The highest BCUT2D eigenvalue weighted by Gasteiger charge is 2.45. The molecule has 3 heterocycles. The molecule has 0 saturated carbocycles. The van der Waals surface area contributed by atoms with Crippen LogP contribution in [-0.2, 0) is 22.5 Å². The van der Waals surface area contributed by atoms with E-state index in [4.69, 9.17) is 4.74 Å². The number of likely N-dealkylation sites (tertiary alicyclic amines) is 2. The average molecular weight is 364 g/mol. The molecule has 3 rings (SSSR count). The van der Waals surface area contributed by atoms with Gasteiger partial charge in [-0.1, -0.05) is 13.8 Å². The fraction of sp³-hybridized carbons (Fsp3) is 0.789. The summed E-state index contributed by atoms with van der Waals surface area (Å²) in [5, 5.41) is 18.5. The van der Waals surface area contributed by atoms with Gasteiger partial charge in [-0.05, 0) is 31.2 Å². The number of hydrogen-bond acceptors (Lipinski definition) is 5. The second kappa shape index (κ2) is 8.06. The molecule has 0 aromatic carbocycles. The molecular weight excluding hydrogens is 332 g/mol. The van der Waals surface area contributed by atoms with Crippen molar-refractivity contribution < 1.29 is 14.6 Å². The molecule has 146 valence electrons. The molecule has 2 N–H and O–H groups in total. The van der Waals surface area contributed by atoms with Crippen molar-refractivity contribution >= 4 is 5.91 Å². The molecule has 7 heteroatoms. The third-order valence-electron chi connectivity index (χ3n) is 5.67. The molecule has 7 nitrogen and oxygen atoms in total. The van der Waals surface area contributed by atoms with E-state index in [-0.39, 0.29) is 18.4 Å². The number of carbonyl (C=O) groups is 1. The van der Waals surface area contributed by atoms with Gasteiger partial charge in [-0.3, -0.25) is 14.8 Å². The summed E-state index contributed by atoms with van der Waals surface area (Å²) < 4.78 is 4.97. The smallest absolute Gasteiger partial charge is 0.248 e. The predicted octanol–water partition coefficient (Wildman–Crippen LogP) is 1.04. The second-order valence-corrected chi connectivity index (χ2v) is 8.29. The predicted molar refractivity (Wildman–Crippen MR) is 98.5 cm³/mol. The molecule has 1 aromatic heterocycles. The number of carbonyl (C=O) groups excluding carboxylic acids is 1. The van der Waals surface area contributed by atoms with Crippen LogP contribution in [-0.4, -0.2) is 76.5 Å². The minimum Gasteiger partial charge on any atom is -0.389 e. The molecule has 0 radical (unpaired) electrons. The van der Waals surface area contributed by atoms with Crippen molar-refractivity contribution in [3.8, 4) is 0 Å². The monoisotopic (exact) mass is 364 g/mol. The Hall–Kier alpha value is -1.44. The molecule has 1 amide bonds. The summed E-state index contributed by atoms with van der Waals surface area (Å²) in [6.45, 7) is 8.21. The van der Waals surface area contributed by atoms with Crippen molar-refractivity contribution in [2.45, 2.75) is 45.3 Å². The lowest BCUT2D eigenvalue weighted by Crippen LogP contribution is -2.60.